The monoisotopic (exact) mass is 454 g/mol. The first-order valence-electron chi connectivity index (χ1n) is 10.7. The quantitative estimate of drug-likeness (QED) is 0.639. The number of hydrogen-bond donors (Lipinski definition) is 1. The number of para-hydroxylation sites is 2. The van der Waals surface area contributed by atoms with Crippen LogP contribution in [0, 0.1) is 6.92 Å². The molecule has 0 spiro atoms. The molecule has 0 bridgehead atoms. The van der Waals surface area contributed by atoms with Crippen LogP contribution in [0.15, 0.2) is 58.4 Å². The van der Waals surface area contributed by atoms with E-state index in [0.717, 1.165) is 25.7 Å². The summed E-state index contributed by atoms with van der Waals surface area (Å²) < 4.78 is 29.4. The molecule has 0 saturated carbocycles. The van der Waals surface area contributed by atoms with Gasteiger partial charge in [-0.2, -0.15) is 4.31 Å². The minimum Gasteiger partial charge on any atom is -0.324 e. The van der Waals surface area contributed by atoms with Crippen LogP contribution in [0.4, 0.5) is 5.69 Å². The van der Waals surface area contributed by atoms with Gasteiger partial charge in [0.25, 0.3) is 5.56 Å². The van der Waals surface area contributed by atoms with Crippen molar-refractivity contribution in [3.63, 3.8) is 0 Å². The molecule has 0 radical (unpaired) electrons. The summed E-state index contributed by atoms with van der Waals surface area (Å²) in [6.45, 7) is 2.57. The Hall–Kier alpha value is -3.04. The summed E-state index contributed by atoms with van der Waals surface area (Å²) in [4.78, 5) is 29.3. The van der Waals surface area contributed by atoms with Crippen LogP contribution < -0.4 is 10.9 Å². The average molecular weight is 455 g/mol. The summed E-state index contributed by atoms with van der Waals surface area (Å²) >= 11 is 0. The van der Waals surface area contributed by atoms with E-state index in [2.05, 4.69) is 10.3 Å². The number of anilines is 1. The minimum absolute atomic E-state index is 0.198. The lowest BCUT2D eigenvalue weighted by atomic mass is 10.2. The normalized spacial score (nSPS) is 15.4. The Morgan fingerprint density at radius 2 is 1.78 bits per heavy atom. The topological polar surface area (TPSA) is 101 Å². The summed E-state index contributed by atoms with van der Waals surface area (Å²) in [6, 6.07) is 11.9. The molecular weight excluding hydrogens is 428 g/mol. The first-order chi connectivity index (χ1) is 15.4. The molecule has 1 saturated heterocycles. The fourth-order valence-electron chi connectivity index (χ4n) is 4.00. The molecule has 3 aromatic rings. The summed E-state index contributed by atoms with van der Waals surface area (Å²) in [5, 5.41) is 2.74. The van der Waals surface area contributed by atoms with Gasteiger partial charge in [0.1, 0.15) is 6.54 Å². The molecule has 2 aromatic carbocycles. The van der Waals surface area contributed by atoms with Crippen LogP contribution >= 0.6 is 0 Å². The molecule has 32 heavy (non-hydrogen) atoms. The molecule has 9 heteroatoms. The van der Waals surface area contributed by atoms with Gasteiger partial charge in [-0.25, -0.2) is 13.4 Å². The lowest BCUT2D eigenvalue weighted by molar-refractivity contribution is -0.116. The van der Waals surface area contributed by atoms with Gasteiger partial charge in [0.05, 0.1) is 22.1 Å². The van der Waals surface area contributed by atoms with Crippen molar-refractivity contribution in [2.24, 2.45) is 0 Å². The molecule has 8 nitrogen and oxygen atoms in total. The predicted octanol–water partition coefficient (Wildman–Crippen LogP) is 2.91. The highest BCUT2D eigenvalue weighted by Crippen LogP contribution is 2.26. The Bertz CT molecular complexity index is 1310. The molecule has 1 N–H and O–H groups in total. The third-order valence-electron chi connectivity index (χ3n) is 5.71. The number of nitrogens with zero attached hydrogens (tertiary/aromatic N) is 3. The second kappa shape index (κ2) is 9.22. The maximum Gasteiger partial charge on any atom is 0.269 e. The summed E-state index contributed by atoms with van der Waals surface area (Å²) in [5.41, 5.74) is 1.79. The second-order valence-corrected chi connectivity index (χ2v) is 9.92. The number of rotatable bonds is 5. The van der Waals surface area contributed by atoms with Crippen molar-refractivity contribution in [2.45, 2.75) is 44.0 Å². The van der Waals surface area contributed by atoms with Crippen molar-refractivity contribution in [3.8, 4) is 0 Å². The van der Waals surface area contributed by atoms with Crippen molar-refractivity contribution in [2.75, 3.05) is 18.4 Å². The van der Waals surface area contributed by atoms with Crippen LogP contribution in [-0.2, 0) is 21.4 Å². The number of carbonyl (C=O) groups is 1. The molecule has 0 atom stereocenters. The third-order valence-corrected chi connectivity index (χ3v) is 7.75. The van der Waals surface area contributed by atoms with Crippen molar-refractivity contribution < 1.29 is 13.2 Å². The number of amides is 1. The number of hydrogen-bond acceptors (Lipinski definition) is 5. The van der Waals surface area contributed by atoms with Crippen molar-refractivity contribution in [1.82, 2.24) is 13.9 Å². The Kier molecular flexibility index (Phi) is 6.38. The number of aromatic nitrogens is 2. The first-order valence-corrected chi connectivity index (χ1v) is 12.2. The van der Waals surface area contributed by atoms with E-state index < -0.39 is 15.9 Å². The maximum atomic E-state index is 13.2. The van der Waals surface area contributed by atoms with E-state index in [9.17, 15) is 18.0 Å². The van der Waals surface area contributed by atoms with Gasteiger partial charge in [0.2, 0.25) is 15.9 Å². The van der Waals surface area contributed by atoms with Gasteiger partial charge >= 0.3 is 0 Å². The summed E-state index contributed by atoms with van der Waals surface area (Å²) in [5.74, 6) is -0.426. The maximum absolute atomic E-state index is 13.2. The molecule has 0 unspecified atom stereocenters. The highest BCUT2D eigenvalue weighted by atomic mass is 32.2. The molecule has 2 heterocycles. The van der Waals surface area contributed by atoms with E-state index in [1.54, 1.807) is 37.3 Å². The van der Waals surface area contributed by atoms with Gasteiger partial charge in [0, 0.05) is 18.8 Å². The van der Waals surface area contributed by atoms with Crippen molar-refractivity contribution in [3.05, 3.63) is 64.6 Å². The van der Waals surface area contributed by atoms with Gasteiger partial charge in [-0.05, 0) is 49.6 Å². The third kappa shape index (κ3) is 4.58. The van der Waals surface area contributed by atoms with Crippen LogP contribution in [-0.4, -0.2) is 41.3 Å². The van der Waals surface area contributed by atoms with Crippen LogP contribution in [0.3, 0.4) is 0 Å². The highest BCUT2D eigenvalue weighted by molar-refractivity contribution is 7.89. The van der Waals surface area contributed by atoms with E-state index in [4.69, 9.17) is 0 Å². The van der Waals surface area contributed by atoms with Crippen LogP contribution in [0.1, 0.15) is 31.2 Å². The van der Waals surface area contributed by atoms with Crippen molar-refractivity contribution in [1.29, 1.82) is 0 Å². The van der Waals surface area contributed by atoms with E-state index in [1.807, 2.05) is 6.07 Å². The first kappa shape index (κ1) is 22.2. The van der Waals surface area contributed by atoms with Gasteiger partial charge in [-0.3, -0.25) is 14.2 Å². The zero-order valence-corrected chi connectivity index (χ0v) is 18.8. The van der Waals surface area contributed by atoms with Gasteiger partial charge < -0.3 is 5.32 Å². The van der Waals surface area contributed by atoms with E-state index in [1.165, 1.54) is 21.1 Å². The molecule has 168 valence electrons. The van der Waals surface area contributed by atoms with E-state index >= 15 is 0 Å². The number of nitrogens with one attached hydrogen (secondary N) is 1. The van der Waals surface area contributed by atoms with E-state index in [0.29, 0.717) is 35.4 Å². The smallest absolute Gasteiger partial charge is 0.269 e. The fourth-order valence-corrected chi connectivity index (χ4v) is 5.77. The Morgan fingerprint density at radius 3 is 2.53 bits per heavy atom. The molecule has 4 rings (SSSR count). The lowest BCUT2D eigenvalue weighted by Crippen LogP contribution is -2.32. The van der Waals surface area contributed by atoms with E-state index in [-0.39, 0.29) is 17.0 Å². The summed E-state index contributed by atoms with van der Waals surface area (Å²) in [7, 11) is -3.65. The molecule has 1 aromatic heterocycles. The zero-order chi connectivity index (χ0) is 22.7. The van der Waals surface area contributed by atoms with Crippen LogP contribution in [0.2, 0.25) is 0 Å². The predicted molar refractivity (Wildman–Crippen MR) is 123 cm³/mol. The Labute approximate surface area is 186 Å². The number of carbonyl (C=O) groups excluding carboxylic acids is 1. The fraction of sp³-hybridized carbons (Fsp3) is 0.348. The number of benzene rings is 2. The molecule has 1 aliphatic heterocycles. The number of fused-ring (bicyclic) bond motifs is 1. The zero-order valence-electron chi connectivity index (χ0n) is 18.0. The van der Waals surface area contributed by atoms with Crippen LogP contribution in [0.25, 0.3) is 11.0 Å². The largest absolute Gasteiger partial charge is 0.324 e. The number of aryl methyl sites for hydroxylation is 1. The highest BCUT2D eigenvalue weighted by Gasteiger charge is 2.27. The van der Waals surface area contributed by atoms with Gasteiger partial charge in [-0.1, -0.05) is 31.0 Å². The molecule has 1 fully saturated rings. The summed E-state index contributed by atoms with van der Waals surface area (Å²) in [6.07, 6.45) is 4.95. The van der Waals surface area contributed by atoms with Crippen molar-refractivity contribution >= 4 is 32.7 Å². The van der Waals surface area contributed by atoms with Gasteiger partial charge in [-0.15, -0.1) is 0 Å². The number of sulfonamides is 1. The lowest BCUT2D eigenvalue weighted by Gasteiger charge is -2.21. The van der Waals surface area contributed by atoms with Crippen LogP contribution in [0.5, 0.6) is 0 Å². The average Bonchev–Trinajstić information content (AvgIpc) is 3.07. The minimum atomic E-state index is -3.65. The standard InChI is InChI=1S/C23H26N4O4S/c1-17-10-11-18(14-21(17)32(30,31)26-12-6-2-3-7-13-26)25-22(28)16-27-20-9-5-4-8-19(20)24-15-23(27)29/h4-5,8-11,14-15H,2-3,6-7,12-13,16H2,1H3,(H,25,28). The Morgan fingerprint density at radius 1 is 1.06 bits per heavy atom. The molecular formula is C23H26N4O4S. The molecule has 1 aliphatic rings. The van der Waals surface area contributed by atoms with Gasteiger partial charge in [0.15, 0.2) is 0 Å². The Balaban J connectivity index is 1.58. The molecule has 1 amide bonds. The molecule has 0 aliphatic carbocycles. The SMILES string of the molecule is Cc1ccc(NC(=O)Cn2c(=O)cnc3ccccc32)cc1S(=O)(=O)N1CCCCCC1. The second-order valence-electron chi connectivity index (χ2n) is 8.02.